The number of fused-ring (bicyclic) bond motifs is 1. The van der Waals surface area contributed by atoms with Crippen molar-refractivity contribution in [3.8, 4) is 0 Å². The molecule has 0 saturated carbocycles. The maximum absolute atomic E-state index is 3.20. The van der Waals surface area contributed by atoms with Crippen molar-refractivity contribution in [2.24, 2.45) is 0 Å². The number of H-pyrrole nitrogens is 1. The predicted molar refractivity (Wildman–Crippen MR) is 52.6 cm³/mol. The molecule has 2 nitrogen and oxygen atoms in total. The Labute approximate surface area is 71.6 Å². The Kier molecular flexibility index (Phi) is 1.54. The Morgan fingerprint density at radius 3 is 2.92 bits per heavy atom. The van der Waals surface area contributed by atoms with Gasteiger partial charge in [0.05, 0.1) is 5.69 Å². The second-order valence-corrected chi connectivity index (χ2v) is 3.00. The van der Waals surface area contributed by atoms with Gasteiger partial charge in [-0.1, -0.05) is 11.6 Å². The molecule has 2 N–H and O–H groups in total. The van der Waals surface area contributed by atoms with E-state index in [0.717, 1.165) is 5.69 Å². The molecule has 0 unspecified atom stereocenters. The van der Waals surface area contributed by atoms with E-state index in [1.807, 2.05) is 13.2 Å². The first-order valence-corrected chi connectivity index (χ1v) is 4.07. The van der Waals surface area contributed by atoms with Gasteiger partial charge in [0.25, 0.3) is 0 Å². The van der Waals surface area contributed by atoms with E-state index in [0.29, 0.717) is 0 Å². The maximum atomic E-state index is 3.20. The van der Waals surface area contributed by atoms with Gasteiger partial charge >= 0.3 is 0 Å². The lowest BCUT2D eigenvalue weighted by atomic mass is 10.1. The number of benzene rings is 1. The third-order valence-electron chi connectivity index (χ3n) is 2.11. The molecule has 2 rings (SSSR count). The SMILES string of the molecule is CNc1c[nH]c2ccc(C)cc12. The Morgan fingerprint density at radius 1 is 1.33 bits per heavy atom. The first kappa shape index (κ1) is 7.22. The number of aryl methyl sites for hydroxylation is 1. The van der Waals surface area contributed by atoms with Crippen LogP contribution in [0.5, 0.6) is 0 Å². The van der Waals surface area contributed by atoms with Gasteiger partial charge < -0.3 is 10.3 Å². The maximum Gasteiger partial charge on any atom is 0.0595 e. The van der Waals surface area contributed by atoms with Gasteiger partial charge in [-0.2, -0.15) is 0 Å². The van der Waals surface area contributed by atoms with Crippen molar-refractivity contribution < 1.29 is 0 Å². The smallest absolute Gasteiger partial charge is 0.0595 e. The van der Waals surface area contributed by atoms with Gasteiger partial charge in [-0.3, -0.25) is 0 Å². The Bertz CT molecular complexity index is 401. The van der Waals surface area contributed by atoms with E-state index < -0.39 is 0 Å². The molecular formula is C10H12N2. The van der Waals surface area contributed by atoms with E-state index in [9.17, 15) is 0 Å². The second-order valence-electron chi connectivity index (χ2n) is 3.00. The van der Waals surface area contributed by atoms with E-state index in [2.05, 4.69) is 35.4 Å². The Balaban J connectivity index is 2.75. The molecule has 0 amide bonds. The summed E-state index contributed by atoms with van der Waals surface area (Å²) in [6.07, 6.45) is 1.99. The molecule has 1 aromatic carbocycles. The molecule has 2 heteroatoms. The molecule has 1 heterocycles. The third-order valence-corrected chi connectivity index (χ3v) is 2.11. The highest BCUT2D eigenvalue weighted by Gasteiger charge is 2.00. The van der Waals surface area contributed by atoms with Crippen LogP contribution in [0.3, 0.4) is 0 Å². The number of hydrogen-bond acceptors (Lipinski definition) is 1. The minimum Gasteiger partial charge on any atom is -0.386 e. The van der Waals surface area contributed by atoms with E-state index >= 15 is 0 Å². The number of hydrogen-bond donors (Lipinski definition) is 2. The molecule has 62 valence electrons. The lowest BCUT2D eigenvalue weighted by Gasteiger charge is -1.97. The summed E-state index contributed by atoms with van der Waals surface area (Å²) in [6.45, 7) is 2.10. The van der Waals surface area contributed by atoms with Gasteiger partial charge in [0.15, 0.2) is 0 Å². The van der Waals surface area contributed by atoms with Crippen LogP contribution in [0, 0.1) is 6.92 Å². The average molecular weight is 160 g/mol. The van der Waals surface area contributed by atoms with Crippen LogP contribution < -0.4 is 5.32 Å². The summed E-state index contributed by atoms with van der Waals surface area (Å²) < 4.78 is 0. The molecule has 0 radical (unpaired) electrons. The van der Waals surface area contributed by atoms with Crippen LogP contribution in [0.1, 0.15) is 5.56 Å². The Hall–Kier alpha value is -1.44. The lowest BCUT2D eigenvalue weighted by Crippen LogP contribution is -1.84. The number of rotatable bonds is 1. The summed E-state index contributed by atoms with van der Waals surface area (Å²) in [5.41, 5.74) is 3.64. The third kappa shape index (κ3) is 0.961. The largest absolute Gasteiger partial charge is 0.386 e. The first-order valence-electron chi connectivity index (χ1n) is 4.07. The zero-order chi connectivity index (χ0) is 8.55. The predicted octanol–water partition coefficient (Wildman–Crippen LogP) is 2.52. The highest BCUT2D eigenvalue weighted by molar-refractivity contribution is 5.92. The van der Waals surface area contributed by atoms with Crippen molar-refractivity contribution in [3.05, 3.63) is 30.0 Å². The summed E-state index contributed by atoms with van der Waals surface area (Å²) >= 11 is 0. The summed E-state index contributed by atoms with van der Waals surface area (Å²) in [5.74, 6) is 0. The molecule has 0 fully saturated rings. The summed E-state index contributed by atoms with van der Waals surface area (Å²) in [7, 11) is 1.94. The number of nitrogens with one attached hydrogen (secondary N) is 2. The van der Waals surface area contributed by atoms with Crippen LogP contribution >= 0.6 is 0 Å². The number of aromatic amines is 1. The van der Waals surface area contributed by atoms with Crippen LogP contribution in [-0.2, 0) is 0 Å². The Morgan fingerprint density at radius 2 is 2.17 bits per heavy atom. The molecule has 0 aliphatic heterocycles. The zero-order valence-corrected chi connectivity index (χ0v) is 7.31. The minimum atomic E-state index is 1.16. The van der Waals surface area contributed by atoms with E-state index in [1.54, 1.807) is 0 Å². The quantitative estimate of drug-likeness (QED) is 0.659. The molecular weight excluding hydrogens is 148 g/mol. The fraction of sp³-hybridized carbons (Fsp3) is 0.200. The van der Waals surface area contributed by atoms with Crippen LogP contribution in [-0.4, -0.2) is 12.0 Å². The molecule has 0 atom stereocenters. The van der Waals surface area contributed by atoms with E-state index in [4.69, 9.17) is 0 Å². The van der Waals surface area contributed by atoms with E-state index in [-0.39, 0.29) is 0 Å². The normalized spacial score (nSPS) is 10.5. The number of aromatic nitrogens is 1. The monoisotopic (exact) mass is 160 g/mol. The summed E-state index contributed by atoms with van der Waals surface area (Å²) in [6, 6.07) is 6.39. The number of anilines is 1. The van der Waals surface area contributed by atoms with Crippen LogP contribution in [0.25, 0.3) is 10.9 Å². The highest BCUT2D eigenvalue weighted by Crippen LogP contribution is 2.23. The van der Waals surface area contributed by atoms with Gasteiger partial charge in [-0.05, 0) is 19.1 Å². The minimum absolute atomic E-state index is 1.16. The molecule has 0 saturated heterocycles. The second kappa shape index (κ2) is 2.55. The van der Waals surface area contributed by atoms with Crippen LogP contribution in [0.2, 0.25) is 0 Å². The van der Waals surface area contributed by atoms with Crippen molar-refractivity contribution in [2.75, 3.05) is 12.4 Å². The molecule has 0 bridgehead atoms. The van der Waals surface area contributed by atoms with Gasteiger partial charge in [0.2, 0.25) is 0 Å². The fourth-order valence-electron chi connectivity index (χ4n) is 1.44. The summed E-state index contributed by atoms with van der Waals surface area (Å²) in [5, 5.41) is 4.41. The molecule has 2 aromatic rings. The standard InChI is InChI=1S/C10H12N2/c1-7-3-4-9-8(5-7)10(11-2)6-12-9/h3-6,11-12H,1-2H3. The fourth-order valence-corrected chi connectivity index (χ4v) is 1.44. The van der Waals surface area contributed by atoms with Crippen LogP contribution in [0.15, 0.2) is 24.4 Å². The van der Waals surface area contributed by atoms with Gasteiger partial charge in [-0.25, -0.2) is 0 Å². The molecule has 0 aliphatic carbocycles. The van der Waals surface area contributed by atoms with Crippen molar-refractivity contribution in [2.45, 2.75) is 6.92 Å². The van der Waals surface area contributed by atoms with E-state index in [1.165, 1.54) is 16.5 Å². The topological polar surface area (TPSA) is 27.8 Å². The summed E-state index contributed by atoms with van der Waals surface area (Å²) in [4.78, 5) is 3.20. The molecule has 12 heavy (non-hydrogen) atoms. The average Bonchev–Trinajstić information content (AvgIpc) is 2.46. The lowest BCUT2D eigenvalue weighted by molar-refractivity contribution is 1.44. The molecule has 0 spiro atoms. The van der Waals surface area contributed by atoms with Crippen molar-refractivity contribution in [3.63, 3.8) is 0 Å². The van der Waals surface area contributed by atoms with Crippen LogP contribution in [0.4, 0.5) is 5.69 Å². The van der Waals surface area contributed by atoms with Crippen molar-refractivity contribution >= 4 is 16.6 Å². The zero-order valence-electron chi connectivity index (χ0n) is 7.31. The van der Waals surface area contributed by atoms with Gasteiger partial charge in [0, 0.05) is 24.1 Å². The molecule has 1 aromatic heterocycles. The first-order chi connectivity index (χ1) is 5.81. The van der Waals surface area contributed by atoms with Crippen molar-refractivity contribution in [1.82, 2.24) is 4.98 Å². The van der Waals surface area contributed by atoms with Gasteiger partial charge in [0.1, 0.15) is 0 Å². The van der Waals surface area contributed by atoms with Crippen molar-refractivity contribution in [1.29, 1.82) is 0 Å². The van der Waals surface area contributed by atoms with Gasteiger partial charge in [-0.15, -0.1) is 0 Å². The molecule has 0 aliphatic rings. The highest BCUT2D eigenvalue weighted by atomic mass is 14.9.